The summed E-state index contributed by atoms with van der Waals surface area (Å²) in [5.74, 6) is 0. The first-order chi connectivity index (χ1) is 16.1. The van der Waals surface area contributed by atoms with E-state index in [1.165, 1.54) is 0 Å². The van der Waals surface area contributed by atoms with Gasteiger partial charge in [0.25, 0.3) is 0 Å². The highest BCUT2D eigenvalue weighted by atomic mass is 32.1. The van der Waals surface area contributed by atoms with Crippen LogP contribution in [-0.4, -0.2) is 32.3 Å². The molecule has 3 radical (unpaired) electrons. The molecular formula is C27H21AlN3S3. The Labute approximate surface area is 226 Å². The molecular weight excluding hydrogens is 490 g/mol. The summed E-state index contributed by atoms with van der Waals surface area (Å²) < 4.78 is 0. The van der Waals surface area contributed by atoms with E-state index in [2.05, 4.69) is 52.8 Å². The van der Waals surface area contributed by atoms with Gasteiger partial charge in [-0.25, -0.2) is 0 Å². The minimum atomic E-state index is 0. The normalized spacial score (nSPS) is 9.97. The summed E-state index contributed by atoms with van der Waals surface area (Å²) in [5.41, 5.74) is 2.91. The van der Waals surface area contributed by atoms with Crippen molar-refractivity contribution in [2.45, 2.75) is 14.7 Å². The van der Waals surface area contributed by atoms with Gasteiger partial charge in [-0.05, 0) is 36.4 Å². The Morgan fingerprint density at radius 2 is 0.647 bits per heavy atom. The number of rotatable bonds is 0. The van der Waals surface area contributed by atoms with Gasteiger partial charge in [0.05, 0.1) is 16.6 Å². The lowest BCUT2D eigenvalue weighted by Gasteiger charge is -1.97. The van der Waals surface area contributed by atoms with Crippen LogP contribution in [0.5, 0.6) is 0 Å². The number of pyridine rings is 3. The van der Waals surface area contributed by atoms with Crippen molar-refractivity contribution in [3.05, 3.63) is 110 Å². The third-order valence-corrected chi connectivity index (χ3v) is 5.92. The van der Waals surface area contributed by atoms with Crippen LogP contribution in [0.15, 0.2) is 124 Å². The van der Waals surface area contributed by atoms with Crippen LogP contribution in [0, 0.1) is 0 Å². The van der Waals surface area contributed by atoms with E-state index >= 15 is 0 Å². The Bertz CT molecular complexity index is 1330. The molecule has 0 saturated carbocycles. The van der Waals surface area contributed by atoms with Crippen molar-refractivity contribution < 1.29 is 0 Å². The van der Waals surface area contributed by atoms with E-state index in [1.807, 2.05) is 91.0 Å². The molecule has 0 N–H and O–H groups in total. The molecule has 0 unspecified atom stereocenters. The molecule has 0 spiro atoms. The summed E-state index contributed by atoms with van der Waals surface area (Å²) >= 11 is 12.9. The minimum absolute atomic E-state index is 0. The van der Waals surface area contributed by atoms with Crippen LogP contribution < -0.4 is 0 Å². The number of nitrogens with zero attached hydrogens (tertiary/aromatic N) is 3. The largest absolute Gasteiger partial charge is 0.255 e. The Morgan fingerprint density at radius 3 is 0.912 bits per heavy atom. The second kappa shape index (κ2) is 12.8. The van der Waals surface area contributed by atoms with E-state index in [0.717, 1.165) is 47.4 Å². The summed E-state index contributed by atoms with van der Waals surface area (Å²) in [6.07, 6.45) is 5.34. The molecule has 0 atom stereocenters. The lowest BCUT2D eigenvalue weighted by molar-refractivity contribution is 1.36. The molecule has 0 aliphatic carbocycles. The molecule has 0 amide bonds. The maximum atomic E-state index is 4.29. The zero-order valence-electron chi connectivity index (χ0n) is 18.2. The summed E-state index contributed by atoms with van der Waals surface area (Å²) in [7, 11) is 0. The predicted molar refractivity (Wildman–Crippen MR) is 153 cm³/mol. The van der Waals surface area contributed by atoms with Crippen LogP contribution in [0.2, 0.25) is 0 Å². The van der Waals surface area contributed by atoms with E-state index in [4.69, 9.17) is 0 Å². The van der Waals surface area contributed by atoms with Gasteiger partial charge in [-0.3, -0.25) is 15.0 Å². The van der Waals surface area contributed by atoms with Crippen LogP contribution >= 0.6 is 37.9 Å². The maximum Gasteiger partial charge on any atom is 0.0835 e. The first kappa shape index (κ1) is 26.1. The minimum Gasteiger partial charge on any atom is -0.255 e. The fourth-order valence-electron chi connectivity index (χ4n) is 3.26. The quantitative estimate of drug-likeness (QED) is 0.150. The lowest BCUT2D eigenvalue weighted by atomic mass is 10.2. The molecule has 0 aliphatic rings. The molecule has 165 valence electrons. The van der Waals surface area contributed by atoms with Gasteiger partial charge in [-0.1, -0.05) is 54.6 Å². The molecule has 0 bridgehead atoms. The van der Waals surface area contributed by atoms with Gasteiger partial charge in [-0.2, -0.15) is 0 Å². The summed E-state index contributed by atoms with van der Waals surface area (Å²) in [4.78, 5) is 15.4. The van der Waals surface area contributed by atoms with E-state index < -0.39 is 0 Å². The van der Waals surface area contributed by atoms with Gasteiger partial charge in [0.2, 0.25) is 0 Å². The van der Waals surface area contributed by atoms with Crippen LogP contribution in [0.25, 0.3) is 32.7 Å². The van der Waals surface area contributed by atoms with Crippen molar-refractivity contribution in [1.82, 2.24) is 15.0 Å². The van der Waals surface area contributed by atoms with Gasteiger partial charge in [0.1, 0.15) is 0 Å². The van der Waals surface area contributed by atoms with Crippen LogP contribution in [0.3, 0.4) is 0 Å². The molecule has 3 aromatic heterocycles. The lowest BCUT2D eigenvalue weighted by Crippen LogP contribution is -1.77. The molecule has 0 saturated heterocycles. The molecule has 7 heteroatoms. The first-order valence-corrected chi connectivity index (χ1v) is 11.6. The number of thiol groups is 3. The van der Waals surface area contributed by atoms with Gasteiger partial charge in [-0.15, -0.1) is 37.9 Å². The third kappa shape index (κ3) is 6.53. The number of hydrogen-bond donors (Lipinski definition) is 3. The van der Waals surface area contributed by atoms with Crippen molar-refractivity contribution in [2.24, 2.45) is 0 Å². The van der Waals surface area contributed by atoms with Gasteiger partial charge in [0, 0.05) is 66.8 Å². The summed E-state index contributed by atoms with van der Waals surface area (Å²) in [6.45, 7) is 0. The number of fused-ring (bicyclic) bond motifs is 3. The second-order valence-corrected chi connectivity index (χ2v) is 8.50. The average molecular weight is 511 g/mol. The predicted octanol–water partition coefficient (Wildman–Crippen LogP) is 7.19. The number of benzene rings is 3. The number of para-hydroxylation sites is 3. The third-order valence-electron chi connectivity index (χ3n) is 4.83. The zero-order valence-corrected chi connectivity index (χ0v) is 22.0. The first-order valence-electron chi connectivity index (χ1n) is 10.2. The topological polar surface area (TPSA) is 38.7 Å². The van der Waals surface area contributed by atoms with Crippen molar-refractivity contribution in [1.29, 1.82) is 0 Å². The molecule has 0 aliphatic heterocycles. The molecule has 3 heterocycles. The monoisotopic (exact) mass is 510 g/mol. The molecule has 0 fully saturated rings. The highest BCUT2D eigenvalue weighted by Gasteiger charge is 1.96. The Hall–Kier alpha value is -2.53. The number of aromatic nitrogens is 3. The smallest absolute Gasteiger partial charge is 0.0835 e. The van der Waals surface area contributed by atoms with E-state index in [-0.39, 0.29) is 17.4 Å². The molecule has 3 aromatic carbocycles. The molecule has 3 nitrogen and oxygen atoms in total. The Balaban J connectivity index is 0.000000141. The van der Waals surface area contributed by atoms with E-state index in [0.29, 0.717) is 0 Å². The zero-order chi connectivity index (χ0) is 23.0. The number of hydrogen-bond acceptors (Lipinski definition) is 6. The maximum absolute atomic E-state index is 4.29. The standard InChI is InChI=1S/3C9H7NS.Al/c3*11-8-5-1-3-7-4-2-6-10-9(7)8;/h3*1-6,11H;. The van der Waals surface area contributed by atoms with E-state index in [1.54, 1.807) is 18.6 Å². The highest BCUT2D eigenvalue weighted by Crippen LogP contribution is 2.19. The second-order valence-electron chi connectivity index (χ2n) is 7.06. The molecule has 6 aromatic rings. The van der Waals surface area contributed by atoms with Crippen molar-refractivity contribution in [2.75, 3.05) is 0 Å². The van der Waals surface area contributed by atoms with Crippen LogP contribution in [0.1, 0.15) is 0 Å². The average Bonchev–Trinajstić information content (AvgIpc) is 2.86. The summed E-state index contributed by atoms with van der Waals surface area (Å²) in [5, 5.41) is 3.42. The van der Waals surface area contributed by atoms with Gasteiger partial charge in [0.15, 0.2) is 0 Å². The van der Waals surface area contributed by atoms with Crippen LogP contribution in [-0.2, 0) is 0 Å². The highest BCUT2D eigenvalue weighted by molar-refractivity contribution is 7.80. The molecule has 6 rings (SSSR count). The van der Waals surface area contributed by atoms with E-state index in [9.17, 15) is 0 Å². The Morgan fingerprint density at radius 1 is 0.382 bits per heavy atom. The SMILES string of the molecule is Sc1cccc2cccnc12.Sc1cccc2cccnc12.Sc1cccc2cccnc12.[Al]. The summed E-state index contributed by atoms with van der Waals surface area (Å²) in [6, 6.07) is 29.7. The van der Waals surface area contributed by atoms with Crippen LogP contribution in [0.4, 0.5) is 0 Å². The fourth-order valence-corrected chi connectivity index (χ4v) is 4.08. The molecule has 34 heavy (non-hydrogen) atoms. The Kier molecular flexibility index (Phi) is 9.82. The fraction of sp³-hybridized carbons (Fsp3) is 0. The van der Waals surface area contributed by atoms with Crippen molar-refractivity contribution in [3.63, 3.8) is 0 Å². The van der Waals surface area contributed by atoms with Gasteiger partial charge >= 0.3 is 0 Å². The van der Waals surface area contributed by atoms with Crippen molar-refractivity contribution >= 4 is 88.0 Å². The van der Waals surface area contributed by atoms with Gasteiger partial charge < -0.3 is 0 Å². The van der Waals surface area contributed by atoms with Crippen molar-refractivity contribution in [3.8, 4) is 0 Å².